The third kappa shape index (κ3) is 5.88. The Balaban J connectivity index is 1.40. The number of carbonyl (C=O) groups is 1. The maximum Gasteiger partial charge on any atom is 0.327 e. The summed E-state index contributed by atoms with van der Waals surface area (Å²) in [5.74, 6) is 1.85. The second-order valence-corrected chi connectivity index (χ2v) is 9.01. The molecule has 39 heavy (non-hydrogen) atoms. The van der Waals surface area contributed by atoms with Crippen molar-refractivity contribution >= 4 is 11.9 Å². The van der Waals surface area contributed by atoms with E-state index in [2.05, 4.69) is 10.5 Å². The second-order valence-electron chi connectivity index (χ2n) is 9.01. The third-order valence-corrected chi connectivity index (χ3v) is 6.38. The number of nitrogens with zero attached hydrogens (tertiary/aromatic N) is 1. The summed E-state index contributed by atoms with van der Waals surface area (Å²) in [5.41, 5.74) is 3.32. The average Bonchev–Trinajstić information content (AvgIpc) is 3.42. The van der Waals surface area contributed by atoms with E-state index in [1.165, 1.54) is 0 Å². The molecule has 4 aromatic carbocycles. The highest BCUT2D eigenvalue weighted by Crippen LogP contribution is 2.43. The van der Waals surface area contributed by atoms with E-state index in [0.717, 1.165) is 16.9 Å². The lowest BCUT2D eigenvalue weighted by atomic mass is 9.78. The van der Waals surface area contributed by atoms with E-state index in [-0.39, 0.29) is 25.7 Å². The molecule has 1 aliphatic heterocycles. The van der Waals surface area contributed by atoms with Crippen LogP contribution in [0.1, 0.15) is 24.2 Å². The van der Waals surface area contributed by atoms with Gasteiger partial charge in [-0.05, 0) is 54.4 Å². The number of ether oxygens (including phenoxy) is 4. The Labute approximate surface area is 228 Å². The SMILES string of the molecule is CCOC(=O)C1(C(Oc2ccccc2)c2ccccc2)CNN=C1OCc1ccc(Oc2ccccc2)cc1. The molecule has 0 fully saturated rings. The highest BCUT2D eigenvalue weighted by atomic mass is 16.6. The maximum atomic E-state index is 13.7. The van der Waals surface area contributed by atoms with Crippen LogP contribution in [0.15, 0.2) is 120 Å². The minimum Gasteiger partial charge on any atom is -0.484 e. The monoisotopic (exact) mass is 522 g/mol. The summed E-state index contributed by atoms with van der Waals surface area (Å²) in [6.07, 6.45) is -0.754. The van der Waals surface area contributed by atoms with Crippen molar-refractivity contribution < 1.29 is 23.7 Å². The molecule has 5 rings (SSSR count). The van der Waals surface area contributed by atoms with Gasteiger partial charge in [-0.3, -0.25) is 4.79 Å². The first kappa shape index (κ1) is 25.9. The number of para-hydroxylation sites is 2. The largest absolute Gasteiger partial charge is 0.484 e. The molecule has 0 aliphatic carbocycles. The summed E-state index contributed by atoms with van der Waals surface area (Å²) in [6.45, 7) is 2.35. The van der Waals surface area contributed by atoms with Crippen LogP contribution in [0.25, 0.3) is 0 Å². The molecule has 0 amide bonds. The molecule has 1 N–H and O–H groups in total. The molecule has 7 heteroatoms. The molecule has 0 bridgehead atoms. The smallest absolute Gasteiger partial charge is 0.327 e. The van der Waals surface area contributed by atoms with Crippen molar-refractivity contribution in [2.24, 2.45) is 10.5 Å². The van der Waals surface area contributed by atoms with Gasteiger partial charge in [0.05, 0.1) is 13.2 Å². The Morgan fingerprint density at radius 3 is 2.05 bits per heavy atom. The number of nitrogens with one attached hydrogen (secondary N) is 1. The first-order valence-corrected chi connectivity index (χ1v) is 12.9. The fraction of sp³-hybridized carbons (Fsp3) is 0.188. The predicted molar refractivity (Wildman–Crippen MR) is 149 cm³/mol. The zero-order valence-corrected chi connectivity index (χ0v) is 21.7. The lowest BCUT2D eigenvalue weighted by molar-refractivity contribution is -0.156. The van der Waals surface area contributed by atoms with E-state index in [1.807, 2.05) is 115 Å². The summed E-state index contributed by atoms with van der Waals surface area (Å²) in [7, 11) is 0. The Kier molecular flexibility index (Phi) is 8.07. The Morgan fingerprint density at radius 1 is 0.821 bits per heavy atom. The lowest BCUT2D eigenvalue weighted by Crippen LogP contribution is -2.50. The molecule has 0 saturated heterocycles. The molecule has 1 aliphatic rings. The second kappa shape index (κ2) is 12.2. The highest BCUT2D eigenvalue weighted by Gasteiger charge is 2.58. The normalized spacial score (nSPS) is 16.9. The number of hydrazone groups is 1. The van der Waals surface area contributed by atoms with Crippen LogP contribution in [0.5, 0.6) is 17.2 Å². The van der Waals surface area contributed by atoms with Crippen molar-refractivity contribution in [3.8, 4) is 17.2 Å². The Bertz CT molecular complexity index is 1380. The molecule has 2 unspecified atom stereocenters. The van der Waals surface area contributed by atoms with Crippen molar-refractivity contribution in [3.63, 3.8) is 0 Å². The predicted octanol–water partition coefficient (Wildman–Crippen LogP) is 6.28. The standard InChI is InChI=1S/C32H30N2O5/c1-2-36-31(35)32(29(25-12-6-3-7-13-25)39-27-16-10-5-11-17-27)23-33-34-30(32)37-22-24-18-20-28(21-19-24)38-26-14-8-4-9-15-26/h3-21,29,33H,2,22-23H2,1H3. The highest BCUT2D eigenvalue weighted by molar-refractivity contribution is 6.05. The van der Waals surface area contributed by atoms with E-state index >= 15 is 0 Å². The van der Waals surface area contributed by atoms with Crippen LogP contribution in [0.2, 0.25) is 0 Å². The van der Waals surface area contributed by atoms with E-state index in [1.54, 1.807) is 6.92 Å². The van der Waals surface area contributed by atoms with Gasteiger partial charge in [-0.15, -0.1) is 5.10 Å². The number of hydrogen-bond donors (Lipinski definition) is 1. The molecule has 0 spiro atoms. The van der Waals surface area contributed by atoms with Crippen LogP contribution in [-0.4, -0.2) is 25.0 Å². The van der Waals surface area contributed by atoms with Gasteiger partial charge in [-0.2, -0.15) is 0 Å². The van der Waals surface area contributed by atoms with Crippen LogP contribution >= 0.6 is 0 Å². The molecule has 1 heterocycles. The molecule has 7 nitrogen and oxygen atoms in total. The van der Waals surface area contributed by atoms with E-state index in [4.69, 9.17) is 18.9 Å². The minimum atomic E-state index is -1.34. The summed E-state index contributed by atoms with van der Waals surface area (Å²) in [6, 6.07) is 36.2. The average molecular weight is 523 g/mol. The number of benzene rings is 4. The zero-order valence-electron chi connectivity index (χ0n) is 21.7. The van der Waals surface area contributed by atoms with Gasteiger partial charge in [-0.1, -0.05) is 78.9 Å². The van der Waals surface area contributed by atoms with Crippen LogP contribution in [0.4, 0.5) is 0 Å². The van der Waals surface area contributed by atoms with Gasteiger partial charge in [0.25, 0.3) is 0 Å². The van der Waals surface area contributed by atoms with E-state index in [9.17, 15) is 4.79 Å². The van der Waals surface area contributed by atoms with Crippen LogP contribution in [0.3, 0.4) is 0 Å². The summed E-state index contributed by atoms with van der Waals surface area (Å²) >= 11 is 0. The van der Waals surface area contributed by atoms with Crippen molar-refractivity contribution in [2.45, 2.75) is 19.6 Å². The van der Waals surface area contributed by atoms with Gasteiger partial charge >= 0.3 is 5.97 Å². The molecule has 0 radical (unpaired) electrons. The number of rotatable bonds is 10. The third-order valence-electron chi connectivity index (χ3n) is 6.38. The van der Waals surface area contributed by atoms with Crippen molar-refractivity contribution in [1.29, 1.82) is 0 Å². The van der Waals surface area contributed by atoms with Gasteiger partial charge < -0.3 is 24.4 Å². The van der Waals surface area contributed by atoms with Gasteiger partial charge in [0.2, 0.25) is 11.3 Å². The summed E-state index contributed by atoms with van der Waals surface area (Å²) in [4.78, 5) is 13.7. The molecule has 2 atom stereocenters. The van der Waals surface area contributed by atoms with Gasteiger partial charge in [0.15, 0.2) is 6.10 Å². The van der Waals surface area contributed by atoms with Gasteiger partial charge in [0, 0.05) is 0 Å². The van der Waals surface area contributed by atoms with Crippen molar-refractivity contribution in [3.05, 3.63) is 126 Å². The van der Waals surface area contributed by atoms with Crippen molar-refractivity contribution in [1.82, 2.24) is 5.43 Å². The molecular formula is C32H30N2O5. The Hall–Kier alpha value is -4.78. The number of esters is 1. The quantitative estimate of drug-likeness (QED) is 0.247. The Morgan fingerprint density at radius 2 is 1.41 bits per heavy atom. The summed E-state index contributed by atoms with van der Waals surface area (Å²) in [5, 5.41) is 4.41. The molecule has 0 saturated carbocycles. The van der Waals surface area contributed by atoms with Crippen molar-refractivity contribution in [2.75, 3.05) is 13.2 Å². The maximum absolute atomic E-state index is 13.7. The fourth-order valence-electron chi connectivity index (χ4n) is 4.45. The van der Waals surface area contributed by atoms with E-state index in [0.29, 0.717) is 11.5 Å². The number of hydrogen-bond acceptors (Lipinski definition) is 7. The molecule has 0 aromatic heterocycles. The first-order valence-electron chi connectivity index (χ1n) is 12.9. The number of carbonyl (C=O) groups excluding carboxylic acids is 1. The first-order chi connectivity index (χ1) is 19.2. The minimum absolute atomic E-state index is 0.164. The molecule has 198 valence electrons. The lowest BCUT2D eigenvalue weighted by Gasteiger charge is -2.35. The molecular weight excluding hydrogens is 492 g/mol. The van der Waals surface area contributed by atoms with Gasteiger partial charge in [-0.25, -0.2) is 0 Å². The topological polar surface area (TPSA) is 78.4 Å². The van der Waals surface area contributed by atoms with Crippen LogP contribution < -0.4 is 14.9 Å². The zero-order chi connectivity index (χ0) is 26.9. The summed E-state index contributed by atoms with van der Waals surface area (Å²) < 4.78 is 24.2. The fourth-order valence-corrected chi connectivity index (χ4v) is 4.45. The molecule has 4 aromatic rings. The van der Waals surface area contributed by atoms with Crippen LogP contribution in [0, 0.1) is 5.41 Å². The van der Waals surface area contributed by atoms with E-state index < -0.39 is 17.5 Å². The van der Waals surface area contributed by atoms with Gasteiger partial charge in [0.1, 0.15) is 23.9 Å². The van der Waals surface area contributed by atoms with Crippen LogP contribution in [-0.2, 0) is 20.9 Å².